The number of nitrogens with zero attached hydrogens (tertiary/aromatic N) is 2. The number of anilines is 2. The zero-order chi connectivity index (χ0) is 23.9. The first kappa shape index (κ1) is 27.2. The van der Waals surface area contributed by atoms with Gasteiger partial charge >= 0.3 is 0 Å². The maximum absolute atomic E-state index is 13.1. The fraction of sp³-hybridized carbons (Fsp3) is 0.714. The fourth-order valence-electron chi connectivity index (χ4n) is 4.62. The summed E-state index contributed by atoms with van der Waals surface area (Å²) in [5.74, 6) is 0.111. The lowest BCUT2D eigenvalue weighted by Gasteiger charge is -2.28. The van der Waals surface area contributed by atoms with Gasteiger partial charge in [-0.3, -0.25) is 9.59 Å². The van der Waals surface area contributed by atoms with Crippen LogP contribution in [-0.4, -0.2) is 43.9 Å². The van der Waals surface area contributed by atoms with Crippen LogP contribution in [0.25, 0.3) is 0 Å². The summed E-state index contributed by atoms with van der Waals surface area (Å²) in [4.78, 5) is 29.5. The van der Waals surface area contributed by atoms with Gasteiger partial charge in [0.05, 0.1) is 5.56 Å². The molecule has 1 fully saturated rings. The average molecular weight is 458 g/mol. The van der Waals surface area contributed by atoms with Crippen LogP contribution < -0.4 is 10.2 Å². The maximum atomic E-state index is 13.1. The number of piperidine rings is 1. The first-order chi connectivity index (χ1) is 16.0. The number of likely N-dealkylation sites (tertiary alicyclic amines) is 1. The van der Waals surface area contributed by atoms with Gasteiger partial charge in [-0.25, -0.2) is 0 Å². The van der Waals surface area contributed by atoms with Crippen LogP contribution in [0.5, 0.6) is 0 Å². The molecule has 0 spiro atoms. The Morgan fingerprint density at radius 2 is 1.42 bits per heavy atom. The molecule has 2 amide bonds. The van der Waals surface area contributed by atoms with Gasteiger partial charge in [0.2, 0.25) is 5.91 Å². The first-order valence-corrected chi connectivity index (χ1v) is 13.4. The van der Waals surface area contributed by atoms with E-state index in [1.54, 1.807) is 0 Å². The van der Waals surface area contributed by atoms with Crippen molar-refractivity contribution in [3.05, 3.63) is 23.8 Å². The molecular formula is C28H47N3O2. The number of benzene rings is 1. The molecule has 1 aromatic carbocycles. The van der Waals surface area contributed by atoms with Crippen LogP contribution in [0.2, 0.25) is 0 Å². The van der Waals surface area contributed by atoms with Crippen LogP contribution in [0.1, 0.15) is 114 Å². The molecule has 186 valence electrons. The van der Waals surface area contributed by atoms with E-state index in [1.165, 1.54) is 64.2 Å². The summed E-state index contributed by atoms with van der Waals surface area (Å²) in [6.07, 6.45) is 17.9. The molecule has 1 aliphatic heterocycles. The van der Waals surface area contributed by atoms with E-state index in [9.17, 15) is 9.59 Å². The van der Waals surface area contributed by atoms with E-state index in [0.29, 0.717) is 17.7 Å². The summed E-state index contributed by atoms with van der Waals surface area (Å²) < 4.78 is 0. The number of carbonyl (C=O) groups is 2. The topological polar surface area (TPSA) is 52.7 Å². The van der Waals surface area contributed by atoms with Gasteiger partial charge in [0.15, 0.2) is 0 Å². The van der Waals surface area contributed by atoms with Crippen LogP contribution >= 0.6 is 0 Å². The highest BCUT2D eigenvalue weighted by Gasteiger charge is 2.22. The van der Waals surface area contributed by atoms with E-state index in [-0.39, 0.29) is 11.8 Å². The Morgan fingerprint density at radius 3 is 2.00 bits per heavy atom. The van der Waals surface area contributed by atoms with Crippen LogP contribution in [0.15, 0.2) is 18.2 Å². The molecular weight excluding hydrogens is 410 g/mol. The number of hydrogen-bond acceptors (Lipinski definition) is 3. The molecule has 0 unspecified atom stereocenters. The maximum Gasteiger partial charge on any atom is 0.256 e. The second-order valence-electron chi connectivity index (χ2n) is 9.81. The molecule has 1 heterocycles. The molecule has 0 aliphatic carbocycles. The van der Waals surface area contributed by atoms with Crippen molar-refractivity contribution in [3.63, 3.8) is 0 Å². The molecule has 33 heavy (non-hydrogen) atoms. The first-order valence-electron chi connectivity index (χ1n) is 13.4. The molecule has 1 saturated heterocycles. The van der Waals surface area contributed by atoms with Gasteiger partial charge in [-0.2, -0.15) is 0 Å². The minimum atomic E-state index is 0.0416. The lowest BCUT2D eigenvalue weighted by atomic mass is 10.0. The van der Waals surface area contributed by atoms with Crippen molar-refractivity contribution in [1.82, 2.24) is 4.90 Å². The number of rotatable bonds is 15. The Hall–Kier alpha value is -2.04. The predicted molar refractivity (Wildman–Crippen MR) is 140 cm³/mol. The summed E-state index contributed by atoms with van der Waals surface area (Å²) in [7, 11) is 3.90. The molecule has 0 bridgehead atoms. The number of unbranched alkanes of at least 4 members (excludes halogenated alkanes) is 10. The van der Waals surface area contributed by atoms with Gasteiger partial charge in [-0.15, -0.1) is 0 Å². The highest BCUT2D eigenvalue weighted by atomic mass is 16.2. The van der Waals surface area contributed by atoms with E-state index in [2.05, 4.69) is 12.2 Å². The molecule has 5 heteroatoms. The second kappa shape index (κ2) is 15.7. The minimum absolute atomic E-state index is 0.0416. The van der Waals surface area contributed by atoms with Gasteiger partial charge in [0.1, 0.15) is 0 Å². The highest BCUT2D eigenvalue weighted by Crippen LogP contribution is 2.26. The van der Waals surface area contributed by atoms with Crippen LogP contribution in [-0.2, 0) is 4.79 Å². The van der Waals surface area contributed by atoms with Gasteiger partial charge < -0.3 is 15.1 Å². The van der Waals surface area contributed by atoms with Crippen LogP contribution in [0.3, 0.4) is 0 Å². The van der Waals surface area contributed by atoms with E-state index in [4.69, 9.17) is 0 Å². The van der Waals surface area contributed by atoms with Gasteiger partial charge in [0.25, 0.3) is 5.91 Å². The molecule has 2 rings (SSSR count). The molecule has 0 saturated carbocycles. The summed E-state index contributed by atoms with van der Waals surface area (Å²) in [6.45, 7) is 3.90. The average Bonchev–Trinajstić information content (AvgIpc) is 2.82. The number of amides is 2. The Morgan fingerprint density at radius 1 is 0.848 bits per heavy atom. The third-order valence-electron chi connectivity index (χ3n) is 6.64. The predicted octanol–water partition coefficient (Wildman–Crippen LogP) is 7.02. The second-order valence-corrected chi connectivity index (χ2v) is 9.81. The molecule has 0 atom stereocenters. The Labute approximate surface area is 202 Å². The zero-order valence-corrected chi connectivity index (χ0v) is 21.5. The SMILES string of the molecule is CCCCCCCCCCCCCC(=O)Nc1ccc(N(C)C)c(C(=O)N2CCCCC2)c1. The van der Waals surface area contributed by atoms with Gasteiger partial charge in [0, 0.05) is 45.0 Å². The van der Waals surface area contributed by atoms with Crippen molar-refractivity contribution in [1.29, 1.82) is 0 Å². The monoisotopic (exact) mass is 457 g/mol. The summed E-state index contributed by atoms with van der Waals surface area (Å²) in [5, 5.41) is 3.01. The largest absolute Gasteiger partial charge is 0.377 e. The van der Waals surface area contributed by atoms with Gasteiger partial charge in [-0.05, 0) is 43.9 Å². The molecule has 1 aliphatic rings. The molecule has 5 nitrogen and oxygen atoms in total. The Balaban J connectivity index is 1.72. The third-order valence-corrected chi connectivity index (χ3v) is 6.64. The number of hydrogen-bond donors (Lipinski definition) is 1. The quantitative estimate of drug-likeness (QED) is 0.288. The summed E-state index contributed by atoms with van der Waals surface area (Å²) in [6, 6.07) is 5.69. The van der Waals surface area contributed by atoms with E-state index in [0.717, 1.165) is 44.5 Å². The zero-order valence-electron chi connectivity index (χ0n) is 21.5. The van der Waals surface area contributed by atoms with Crippen LogP contribution in [0.4, 0.5) is 11.4 Å². The molecule has 0 radical (unpaired) electrons. The number of nitrogens with one attached hydrogen (secondary N) is 1. The standard InChI is InChI=1S/C28H47N3O2/c1-4-5-6-7-8-9-10-11-12-13-15-18-27(32)29-24-19-20-26(30(2)3)25(23-24)28(33)31-21-16-14-17-22-31/h19-20,23H,4-18,21-22H2,1-3H3,(H,29,32). The van der Waals surface area contributed by atoms with Crippen molar-refractivity contribution in [3.8, 4) is 0 Å². The summed E-state index contributed by atoms with van der Waals surface area (Å²) >= 11 is 0. The van der Waals surface area contributed by atoms with E-state index < -0.39 is 0 Å². The van der Waals surface area contributed by atoms with Crippen LogP contribution in [0, 0.1) is 0 Å². The molecule has 0 aromatic heterocycles. The van der Waals surface area contributed by atoms with E-state index >= 15 is 0 Å². The minimum Gasteiger partial charge on any atom is -0.377 e. The van der Waals surface area contributed by atoms with Crippen molar-refractivity contribution in [2.75, 3.05) is 37.4 Å². The van der Waals surface area contributed by atoms with Crippen molar-refractivity contribution >= 4 is 23.2 Å². The number of carbonyl (C=O) groups excluding carboxylic acids is 2. The van der Waals surface area contributed by atoms with Gasteiger partial charge in [-0.1, -0.05) is 71.1 Å². The lowest BCUT2D eigenvalue weighted by Crippen LogP contribution is -2.36. The highest BCUT2D eigenvalue weighted by molar-refractivity contribution is 6.02. The van der Waals surface area contributed by atoms with Crippen molar-refractivity contribution in [2.24, 2.45) is 0 Å². The normalized spacial score (nSPS) is 13.7. The lowest BCUT2D eigenvalue weighted by molar-refractivity contribution is -0.116. The summed E-state index contributed by atoms with van der Waals surface area (Å²) in [5.41, 5.74) is 2.29. The Kier molecular flexibility index (Phi) is 13.0. The smallest absolute Gasteiger partial charge is 0.256 e. The van der Waals surface area contributed by atoms with E-state index in [1.807, 2.05) is 42.1 Å². The molecule has 1 N–H and O–H groups in total. The third kappa shape index (κ3) is 10.2. The Bertz CT molecular complexity index is 711. The fourth-order valence-corrected chi connectivity index (χ4v) is 4.62. The van der Waals surface area contributed by atoms with Crippen molar-refractivity contribution in [2.45, 2.75) is 103 Å². The van der Waals surface area contributed by atoms with Crippen molar-refractivity contribution < 1.29 is 9.59 Å². The molecule has 1 aromatic rings.